The van der Waals surface area contributed by atoms with E-state index in [9.17, 15) is 13.6 Å². The molecule has 5 heteroatoms. The molecule has 0 bridgehead atoms. The third kappa shape index (κ3) is 4.21. The van der Waals surface area contributed by atoms with Gasteiger partial charge in [0.15, 0.2) is 0 Å². The summed E-state index contributed by atoms with van der Waals surface area (Å²) < 4.78 is 34.1. The van der Waals surface area contributed by atoms with E-state index in [1.165, 1.54) is 12.1 Å². The summed E-state index contributed by atoms with van der Waals surface area (Å²) in [5.41, 5.74) is 0.989. The molecule has 3 rings (SSSR count). The van der Waals surface area contributed by atoms with Crippen LogP contribution in [0, 0.1) is 24.5 Å². The zero-order valence-corrected chi connectivity index (χ0v) is 15.7. The number of carbonyl (C=O) groups excluding carboxylic acids is 1. The molecule has 26 heavy (non-hydrogen) atoms. The maximum atomic E-state index is 14.5. The van der Waals surface area contributed by atoms with E-state index in [-0.39, 0.29) is 11.7 Å². The number of rotatable bonds is 4. The molecule has 1 fully saturated rings. The zero-order valence-electron chi connectivity index (χ0n) is 14.7. The predicted molar refractivity (Wildman–Crippen MR) is 97.8 cm³/mol. The Morgan fingerprint density at radius 1 is 1.08 bits per heavy atom. The lowest BCUT2D eigenvalue weighted by molar-refractivity contribution is 0.0724. The van der Waals surface area contributed by atoms with Gasteiger partial charge in [-0.3, -0.25) is 0 Å². The topological polar surface area (TPSA) is 26.3 Å². The molecule has 0 spiro atoms. The van der Waals surface area contributed by atoms with Gasteiger partial charge in [0.25, 0.3) is 0 Å². The molecule has 0 saturated heterocycles. The van der Waals surface area contributed by atoms with E-state index in [2.05, 4.69) is 10.2 Å². The zero-order chi connectivity index (χ0) is 18.7. The van der Waals surface area contributed by atoms with Gasteiger partial charge >= 0.3 is 5.97 Å². The van der Waals surface area contributed by atoms with E-state index >= 15 is 0 Å². The Labute approximate surface area is 156 Å². The second kappa shape index (κ2) is 8.12. The van der Waals surface area contributed by atoms with Crippen molar-refractivity contribution in [2.45, 2.75) is 44.6 Å². The minimum atomic E-state index is -1.02. The Hall–Kier alpha value is -2.01. The fourth-order valence-corrected chi connectivity index (χ4v) is 3.90. The Bertz CT molecular complexity index is 758. The molecule has 0 aliphatic heterocycles. The van der Waals surface area contributed by atoms with Crippen LogP contribution in [0.25, 0.3) is 0 Å². The minimum absolute atomic E-state index is 0.135. The Kier molecular flexibility index (Phi) is 5.86. The number of aryl methyl sites for hydroxylation is 1. The largest absolute Gasteiger partial charge is 0.423 e. The van der Waals surface area contributed by atoms with Crippen molar-refractivity contribution in [1.82, 2.24) is 0 Å². The van der Waals surface area contributed by atoms with Crippen LogP contribution in [0.2, 0.25) is 6.04 Å². The summed E-state index contributed by atoms with van der Waals surface area (Å²) >= 11 is 0. The molecular formula is C21H21F2O2Si. The lowest BCUT2D eigenvalue weighted by Gasteiger charge is -2.28. The van der Waals surface area contributed by atoms with Crippen molar-refractivity contribution in [2.75, 3.05) is 0 Å². The summed E-state index contributed by atoms with van der Waals surface area (Å²) in [4.78, 5) is 12.2. The second-order valence-corrected chi connectivity index (χ2v) is 7.39. The molecule has 0 atom stereocenters. The number of carbonyl (C=O) groups is 1. The molecule has 2 aromatic carbocycles. The normalized spacial score (nSPS) is 20.0. The second-order valence-electron chi connectivity index (χ2n) is 6.98. The number of hydrogen-bond donors (Lipinski definition) is 0. The molecule has 2 nitrogen and oxygen atoms in total. The standard InChI is InChI=1S/C21H21F2O2Si/c1-13-2-8-17(9-3-13)25-21(24)20-18(22)10-16(11-19(20)23)15-6-4-14(12-26)5-7-15/h2-3,8-11,14-15H,4-7,12H2,1H3. The van der Waals surface area contributed by atoms with Crippen molar-refractivity contribution in [3.05, 3.63) is 64.7 Å². The van der Waals surface area contributed by atoms with Crippen LogP contribution in [0.4, 0.5) is 8.78 Å². The molecule has 0 N–H and O–H groups in total. The van der Waals surface area contributed by atoms with E-state index < -0.39 is 23.2 Å². The molecule has 0 heterocycles. The highest BCUT2D eigenvalue weighted by Crippen LogP contribution is 2.37. The number of ether oxygens (including phenoxy) is 1. The van der Waals surface area contributed by atoms with Gasteiger partial charge in [-0.05, 0) is 61.4 Å². The first-order valence-corrected chi connectivity index (χ1v) is 9.61. The van der Waals surface area contributed by atoms with Gasteiger partial charge in [-0.15, -0.1) is 0 Å². The van der Waals surface area contributed by atoms with Crippen LogP contribution in [-0.4, -0.2) is 16.2 Å². The van der Waals surface area contributed by atoms with Crippen LogP contribution in [-0.2, 0) is 0 Å². The minimum Gasteiger partial charge on any atom is -0.423 e. The maximum absolute atomic E-state index is 14.5. The third-order valence-corrected chi connectivity index (χ3v) is 5.68. The van der Waals surface area contributed by atoms with Crippen molar-refractivity contribution in [3.63, 3.8) is 0 Å². The monoisotopic (exact) mass is 371 g/mol. The highest BCUT2D eigenvalue weighted by molar-refractivity contribution is 6.08. The van der Waals surface area contributed by atoms with E-state index in [0.717, 1.165) is 37.3 Å². The average Bonchev–Trinajstić information content (AvgIpc) is 2.63. The number of halogens is 2. The van der Waals surface area contributed by atoms with Gasteiger partial charge < -0.3 is 4.74 Å². The van der Waals surface area contributed by atoms with Crippen LogP contribution in [0.5, 0.6) is 5.75 Å². The maximum Gasteiger partial charge on any atom is 0.349 e. The van der Waals surface area contributed by atoms with Crippen LogP contribution in [0.1, 0.15) is 53.1 Å². The van der Waals surface area contributed by atoms with Gasteiger partial charge in [0.2, 0.25) is 0 Å². The molecule has 1 aliphatic carbocycles. The Morgan fingerprint density at radius 2 is 1.65 bits per heavy atom. The van der Waals surface area contributed by atoms with Crippen LogP contribution < -0.4 is 4.74 Å². The average molecular weight is 371 g/mol. The molecule has 1 saturated carbocycles. The lowest BCUT2D eigenvalue weighted by Crippen LogP contribution is -2.16. The Morgan fingerprint density at radius 3 is 2.19 bits per heavy atom. The van der Waals surface area contributed by atoms with Crippen molar-refractivity contribution in [1.29, 1.82) is 0 Å². The van der Waals surface area contributed by atoms with Crippen molar-refractivity contribution in [3.8, 4) is 5.75 Å². The van der Waals surface area contributed by atoms with Gasteiger partial charge in [0.1, 0.15) is 22.9 Å². The van der Waals surface area contributed by atoms with Gasteiger partial charge in [-0.1, -0.05) is 36.6 Å². The summed E-state index contributed by atoms with van der Waals surface area (Å²) in [6.45, 7) is 1.90. The smallest absolute Gasteiger partial charge is 0.349 e. The predicted octanol–water partition coefficient (Wildman–Crippen LogP) is 5.35. The molecule has 2 aromatic rings. The SMILES string of the molecule is Cc1ccc(OC(=O)c2c(F)cc(C3CCC(C[Si])CC3)cc2F)cc1. The van der Waals surface area contributed by atoms with Gasteiger partial charge in [0.05, 0.1) is 0 Å². The van der Waals surface area contributed by atoms with Crippen LogP contribution >= 0.6 is 0 Å². The number of esters is 1. The van der Waals surface area contributed by atoms with E-state index in [1.54, 1.807) is 24.3 Å². The summed E-state index contributed by atoms with van der Waals surface area (Å²) in [5, 5.41) is 0. The Balaban J connectivity index is 1.76. The highest BCUT2D eigenvalue weighted by Gasteiger charge is 2.26. The van der Waals surface area contributed by atoms with E-state index in [1.807, 2.05) is 6.92 Å². The van der Waals surface area contributed by atoms with Crippen LogP contribution in [0.15, 0.2) is 36.4 Å². The third-order valence-electron chi connectivity index (χ3n) is 5.11. The van der Waals surface area contributed by atoms with Crippen molar-refractivity contribution in [2.24, 2.45) is 5.92 Å². The quantitative estimate of drug-likeness (QED) is 0.411. The molecule has 135 valence electrons. The van der Waals surface area contributed by atoms with E-state index in [4.69, 9.17) is 4.74 Å². The van der Waals surface area contributed by atoms with Gasteiger partial charge in [-0.2, -0.15) is 0 Å². The molecule has 3 radical (unpaired) electrons. The summed E-state index contributed by atoms with van der Waals surface area (Å²) in [5.74, 6) is -1.72. The molecule has 0 amide bonds. The summed E-state index contributed by atoms with van der Waals surface area (Å²) in [7, 11) is 3.54. The lowest BCUT2D eigenvalue weighted by atomic mass is 9.79. The molecule has 0 unspecified atom stereocenters. The molecule has 1 aliphatic rings. The fraction of sp³-hybridized carbons (Fsp3) is 0.381. The first-order valence-electron chi connectivity index (χ1n) is 8.90. The van der Waals surface area contributed by atoms with Gasteiger partial charge in [0, 0.05) is 10.2 Å². The highest BCUT2D eigenvalue weighted by atomic mass is 28.1. The fourth-order valence-electron chi connectivity index (χ4n) is 3.49. The number of benzene rings is 2. The van der Waals surface area contributed by atoms with Crippen molar-refractivity contribution < 1.29 is 18.3 Å². The first kappa shape index (κ1) is 18.8. The van der Waals surface area contributed by atoms with Crippen LogP contribution in [0.3, 0.4) is 0 Å². The van der Waals surface area contributed by atoms with Gasteiger partial charge in [-0.25, -0.2) is 13.6 Å². The number of hydrogen-bond acceptors (Lipinski definition) is 2. The summed E-state index contributed by atoms with van der Waals surface area (Å²) in [6, 6.07) is 10.3. The van der Waals surface area contributed by atoms with Crippen molar-refractivity contribution >= 4 is 16.2 Å². The molecular weight excluding hydrogens is 350 g/mol. The summed E-state index contributed by atoms with van der Waals surface area (Å²) in [6.07, 6.45) is 3.88. The molecule has 0 aromatic heterocycles. The first-order chi connectivity index (χ1) is 12.5. The van der Waals surface area contributed by atoms with E-state index in [0.29, 0.717) is 11.5 Å².